The zero-order chi connectivity index (χ0) is 8.93. The van der Waals surface area contributed by atoms with Crippen LogP contribution < -0.4 is 0 Å². The van der Waals surface area contributed by atoms with Crippen molar-refractivity contribution in [1.82, 2.24) is 4.90 Å². The van der Waals surface area contributed by atoms with Gasteiger partial charge in [-0.25, -0.2) is 8.78 Å². The zero-order valence-corrected chi connectivity index (χ0v) is 7.56. The lowest BCUT2D eigenvalue weighted by Crippen LogP contribution is -2.36. The quantitative estimate of drug-likeness (QED) is 0.589. The molecule has 0 amide bonds. The molecular weight excluding hydrogens is 160 g/mol. The van der Waals surface area contributed by atoms with E-state index in [1.54, 1.807) is 0 Å². The van der Waals surface area contributed by atoms with Gasteiger partial charge in [0.1, 0.15) is 0 Å². The number of fused-ring (bicyclic) bond motifs is 1. The van der Waals surface area contributed by atoms with Crippen molar-refractivity contribution in [3.63, 3.8) is 0 Å². The Labute approximate surface area is 71.7 Å². The predicted octanol–water partition coefficient (Wildman–Crippen LogP) is 1.98. The van der Waals surface area contributed by atoms with Gasteiger partial charge in [-0.15, -0.1) is 0 Å². The highest BCUT2D eigenvalue weighted by molar-refractivity contribution is 5.09. The number of rotatable bonds is 1. The summed E-state index contributed by atoms with van der Waals surface area (Å²) in [6, 6.07) is 0.419. The molecule has 0 aromatic carbocycles. The second-order valence-corrected chi connectivity index (χ2v) is 4.26. The van der Waals surface area contributed by atoms with Gasteiger partial charge in [-0.05, 0) is 26.8 Å². The number of hydrogen-bond donors (Lipinski definition) is 0. The summed E-state index contributed by atoms with van der Waals surface area (Å²) in [6.07, 6.45) is 0.690. The lowest BCUT2D eigenvalue weighted by Gasteiger charge is -2.28. The number of hydrogen-bond acceptors (Lipinski definition) is 1. The second-order valence-electron chi connectivity index (χ2n) is 4.26. The van der Waals surface area contributed by atoms with Crippen molar-refractivity contribution in [3.05, 3.63) is 0 Å². The topological polar surface area (TPSA) is 3.24 Å². The first-order valence-electron chi connectivity index (χ1n) is 4.65. The molecule has 1 aliphatic carbocycles. The largest absolute Gasteiger partial charge is 0.300 e. The molecule has 12 heavy (non-hydrogen) atoms. The first-order valence-corrected chi connectivity index (χ1v) is 4.65. The predicted molar refractivity (Wildman–Crippen MR) is 43.3 cm³/mol. The van der Waals surface area contributed by atoms with Crippen molar-refractivity contribution in [1.29, 1.82) is 0 Å². The van der Waals surface area contributed by atoms with Crippen molar-refractivity contribution in [2.45, 2.75) is 32.2 Å². The van der Waals surface area contributed by atoms with Crippen LogP contribution in [0.3, 0.4) is 0 Å². The third-order valence-electron chi connectivity index (χ3n) is 3.25. The third kappa shape index (κ3) is 1.06. The molecular formula is C9H15F2N. The molecule has 1 aliphatic heterocycles. The highest BCUT2D eigenvalue weighted by Crippen LogP contribution is 2.59. The molecule has 0 aromatic heterocycles. The minimum atomic E-state index is -2.33. The average Bonchev–Trinajstić information content (AvgIpc) is 2.55. The van der Waals surface area contributed by atoms with Crippen LogP contribution in [0.2, 0.25) is 0 Å². The average molecular weight is 175 g/mol. The number of halogens is 2. The van der Waals surface area contributed by atoms with Gasteiger partial charge in [0.15, 0.2) is 0 Å². The Hall–Kier alpha value is -0.180. The van der Waals surface area contributed by atoms with Gasteiger partial charge in [-0.1, -0.05) is 0 Å². The van der Waals surface area contributed by atoms with Crippen LogP contribution in [0.5, 0.6) is 0 Å². The lowest BCUT2D eigenvalue weighted by molar-refractivity contribution is 0.0835. The summed E-state index contributed by atoms with van der Waals surface area (Å²) in [5, 5.41) is 0. The molecule has 3 heteroatoms. The van der Waals surface area contributed by atoms with E-state index in [0.29, 0.717) is 19.0 Å². The SMILES string of the molecule is CC(C)N1CCC2C(C1)C2(F)F. The summed E-state index contributed by atoms with van der Waals surface area (Å²) in [6.45, 7) is 5.60. The van der Waals surface area contributed by atoms with Gasteiger partial charge in [-0.3, -0.25) is 0 Å². The Morgan fingerprint density at radius 1 is 1.33 bits per heavy atom. The van der Waals surface area contributed by atoms with Gasteiger partial charge in [-0.2, -0.15) is 0 Å². The van der Waals surface area contributed by atoms with Crippen LogP contribution in [0.1, 0.15) is 20.3 Å². The molecule has 0 radical (unpaired) electrons. The Morgan fingerprint density at radius 3 is 2.50 bits per heavy atom. The number of alkyl halides is 2. The van der Waals surface area contributed by atoms with Crippen molar-refractivity contribution < 1.29 is 8.78 Å². The summed E-state index contributed by atoms with van der Waals surface area (Å²) >= 11 is 0. The van der Waals surface area contributed by atoms with Crippen LogP contribution in [0.15, 0.2) is 0 Å². The van der Waals surface area contributed by atoms with Crippen LogP contribution in [0, 0.1) is 11.8 Å². The maximum atomic E-state index is 12.9. The summed E-state index contributed by atoms with van der Waals surface area (Å²) < 4.78 is 25.8. The van der Waals surface area contributed by atoms with Gasteiger partial charge in [0.05, 0.1) is 0 Å². The van der Waals surface area contributed by atoms with Gasteiger partial charge in [0.2, 0.25) is 0 Å². The normalized spacial score (nSPS) is 39.8. The molecule has 0 bridgehead atoms. The fourth-order valence-electron chi connectivity index (χ4n) is 2.22. The van der Waals surface area contributed by atoms with Crippen LogP contribution in [-0.2, 0) is 0 Å². The molecule has 2 unspecified atom stereocenters. The molecule has 1 saturated heterocycles. The monoisotopic (exact) mass is 175 g/mol. The second kappa shape index (κ2) is 2.41. The van der Waals surface area contributed by atoms with E-state index in [9.17, 15) is 8.78 Å². The van der Waals surface area contributed by atoms with Crippen molar-refractivity contribution in [3.8, 4) is 0 Å². The first kappa shape index (κ1) is 8.42. The van der Waals surface area contributed by atoms with E-state index < -0.39 is 5.92 Å². The van der Waals surface area contributed by atoms with Crippen molar-refractivity contribution in [2.75, 3.05) is 13.1 Å². The highest BCUT2D eigenvalue weighted by Gasteiger charge is 2.68. The Morgan fingerprint density at radius 2 is 2.00 bits per heavy atom. The Bertz CT molecular complexity index is 191. The maximum Gasteiger partial charge on any atom is 0.255 e. The van der Waals surface area contributed by atoms with Crippen molar-refractivity contribution in [2.24, 2.45) is 11.8 Å². The number of piperidine rings is 1. The van der Waals surface area contributed by atoms with Gasteiger partial charge >= 0.3 is 0 Å². The molecule has 1 nitrogen and oxygen atoms in total. The molecule has 2 aliphatic rings. The van der Waals surface area contributed by atoms with Gasteiger partial charge < -0.3 is 4.90 Å². The van der Waals surface area contributed by atoms with Crippen LogP contribution in [-0.4, -0.2) is 30.0 Å². The Balaban J connectivity index is 1.97. The van der Waals surface area contributed by atoms with Gasteiger partial charge in [0.25, 0.3) is 5.92 Å². The molecule has 2 rings (SSSR count). The van der Waals surface area contributed by atoms with Crippen LogP contribution >= 0.6 is 0 Å². The van der Waals surface area contributed by atoms with Crippen molar-refractivity contribution >= 4 is 0 Å². The Kier molecular flexibility index (Phi) is 1.69. The first-order chi connectivity index (χ1) is 5.53. The summed E-state index contributed by atoms with van der Waals surface area (Å²) in [4.78, 5) is 2.15. The van der Waals surface area contributed by atoms with Crippen LogP contribution in [0.25, 0.3) is 0 Å². The van der Waals surface area contributed by atoms with Gasteiger partial charge in [0, 0.05) is 24.4 Å². The fourth-order valence-corrected chi connectivity index (χ4v) is 2.22. The minimum absolute atomic E-state index is 0.285. The summed E-state index contributed by atoms with van der Waals surface area (Å²) in [5.41, 5.74) is 0. The van der Waals surface area contributed by atoms with E-state index in [2.05, 4.69) is 18.7 Å². The molecule has 0 N–H and O–H groups in total. The van der Waals surface area contributed by atoms with E-state index in [1.807, 2.05) is 0 Å². The smallest absolute Gasteiger partial charge is 0.255 e. The van der Waals surface area contributed by atoms with E-state index >= 15 is 0 Å². The molecule has 2 atom stereocenters. The molecule has 1 saturated carbocycles. The fraction of sp³-hybridized carbons (Fsp3) is 1.00. The van der Waals surface area contributed by atoms with E-state index in [4.69, 9.17) is 0 Å². The number of nitrogens with zero attached hydrogens (tertiary/aromatic N) is 1. The maximum absolute atomic E-state index is 12.9. The summed E-state index contributed by atoms with van der Waals surface area (Å²) in [5.74, 6) is -2.94. The van der Waals surface area contributed by atoms with Crippen LogP contribution in [0.4, 0.5) is 8.78 Å². The van der Waals surface area contributed by atoms with E-state index in [-0.39, 0.29) is 11.8 Å². The third-order valence-corrected chi connectivity index (χ3v) is 3.25. The van der Waals surface area contributed by atoms with E-state index in [1.165, 1.54) is 0 Å². The molecule has 0 spiro atoms. The standard InChI is InChI=1S/C9H15F2N/c1-6(2)12-4-3-7-8(5-12)9(7,10)11/h6-8H,3-5H2,1-2H3. The lowest BCUT2D eigenvalue weighted by atomic mass is 10.1. The number of likely N-dealkylation sites (tertiary alicyclic amines) is 1. The molecule has 70 valence electrons. The molecule has 2 fully saturated rings. The molecule has 0 aromatic rings. The zero-order valence-electron chi connectivity index (χ0n) is 7.56. The summed E-state index contributed by atoms with van der Waals surface area (Å²) in [7, 11) is 0. The highest BCUT2D eigenvalue weighted by atomic mass is 19.3. The van der Waals surface area contributed by atoms with E-state index in [0.717, 1.165) is 6.54 Å². The molecule has 1 heterocycles. The minimum Gasteiger partial charge on any atom is -0.300 e.